The van der Waals surface area contributed by atoms with Crippen molar-refractivity contribution in [3.8, 4) is 11.6 Å². The quantitative estimate of drug-likeness (QED) is 0.162. The molecule has 2 aromatic heterocycles. The fourth-order valence-corrected chi connectivity index (χ4v) is 6.21. The van der Waals surface area contributed by atoms with Crippen molar-refractivity contribution in [2.24, 2.45) is 5.92 Å². The van der Waals surface area contributed by atoms with E-state index >= 15 is 8.78 Å². The van der Waals surface area contributed by atoms with Gasteiger partial charge in [0.15, 0.2) is 23.1 Å². The van der Waals surface area contributed by atoms with E-state index in [1.54, 1.807) is 14.0 Å². The zero-order valence-electron chi connectivity index (χ0n) is 26.0. The summed E-state index contributed by atoms with van der Waals surface area (Å²) < 4.78 is 50.6. The number of hydrogen-bond donors (Lipinski definition) is 1. The lowest BCUT2D eigenvalue weighted by Crippen LogP contribution is -2.39. The normalized spacial score (nSPS) is 23.3. The average molecular weight is 614 g/mol. The minimum atomic E-state index is -2.15. The number of fused-ring (bicyclic) bond motifs is 1. The highest BCUT2D eigenvalue weighted by atomic mass is 19.2. The Kier molecular flexibility index (Phi) is 7.95. The van der Waals surface area contributed by atoms with Crippen LogP contribution >= 0.6 is 0 Å². The molecular formula is C35H37F2N5O3. The minimum Gasteiger partial charge on any atom is -0.497 e. The molecule has 1 aliphatic rings. The Labute approximate surface area is 261 Å². The molecule has 8 nitrogen and oxygen atoms in total. The monoisotopic (exact) mass is 613 g/mol. The molecule has 6 rings (SSSR count). The molecule has 1 saturated heterocycles. The zero-order chi connectivity index (χ0) is 31.8. The van der Waals surface area contributed by atoms with Gasteiger partial charge < -0.3 is 19.5 Å². The standard InChI is InChI=1S/C35H37F2N5O3/c1-6-34(37)23(3)33(4,36)31(45-34)42-22-38-28-29(42)39-32(40-30(28)44-7-2)41-35(24-14-10-8-11-15-24,25-16-12-9-13-17-25)26-18-20-27(43-5)21-19-26/h8-23,31H,6-7H2,1-5H3,(H,39,40,41)/t23-,31+,33+,34+/m0/s1. The Hall–Kier alpha value is -4.57. The summed E-state index contributed by atoms with van der Waals surface area (Å²) in [5.41, 5.74) is 0.269. The first kappa shape index (κ1) is 30.5. The van der Waals surface area contributed by atoms with Crippen molar-refractivity contribution >= 4 is 17.1 Å². The Morgan fingerprint density at radius 2 is 1.51 bits per heavy atom. The largest absolute Gasteiger partial charge is 0.497 e. The molecule has 3 heterocycles. The SMILES string of the molecule is CCOc1nc(NC(c2ccccc2)(c2ccccc2)c2ccc(OC)cc2)nc2c1ncn2[C@@H]1O[C@](F)(CC)[C@@H](C)[C@@]1(C)F. The first-order valence-electron chi connectivity index (χ1n) is 15.1. The van der Waals surface area contributed by atoms with Crippen LogP contribution in [-0.4, -0.2) is 44.8 Å². The first-order chi connectivity index (χ1) is 21.7. The number of alkyl halides is 2. The van der Waals surface area contributed by atoms with Crippen LogP contribution in [-0.2, 0) is 10.3 Å². The van der Waals surface area contributed by atoms with Crippen LogP contribution in [0.5, 0.6) is 11.6 Å². The maximum absolute atomic E-state index is 16.3. The number of nitrogens with zero attached hydrogens (tertiary/aromatic N) is 4. The van der Waals surface area contributed by atoms with Gasteiger partial charge in [-0.05, 0) is 42.7 Å². The van der Waals surface area contributed by atoms with E-state index in [1.165, 1.54) is 24.7 Å². The lowest BCUT2D eigenvalue weighted by molar-refractivity contribution is -0.172. The van der Waals surface area contributed by atoms with E-state index in [1.807, 2.05) is 91.9 Å². The predicted octanol–water partition coefficient (Wildman–Crippen LogP) is 7.61. The minimum absolute atomic E-state index is 0.00131. The van der Waals surface area contributed by atoms with Gasteiger partial charge in [0.1, 0.15) is 11.3 Å². The molecule has 234 valence electrons. The fraction of sp³-hybridized carbons (Fsp3) is 0.343. The van der Waals surface area contributed by atoms with Crippen LogP contribution < -0.4 is 14.8 Å². The lowest BCUT2D eigenvalue weighted by atomic mass is 9.77. The smallest absolute Gasteiger partial charge is 0.247 e. The molecular weight excluding hydrogens is 576 g/mol. The third kappa shape index (κ3) is 5.07. The third-order valence-corrected chi connectivity index (χ3v) is 8.92. The van der Waals surface area contributed by atoms with E-state index in [0.717, 1.165) is 16.7 Å². The molecule has 0 amide bonds. The third-order valence-electron chi connectivity index (χ3n) is 8.92. The summed E-state index contributed by atoms with van der Waals surface area (Å²) in [7, 11) is 1.63. The van der Waals surface area contributed by atoms with Crippen molar-refractivity contribution in [3.05, 3.63) is 108 Å². The Balaban J connectivity index is 1.58. The molecule has 0 unspecified atom stereocenters. The lowest BCUT2D eigenvalue weighted by Gasteiger charge is -2.37. The molecule has 1 fully saturated rings. The summed E-state index contributed by atoms with van der Waals surface area (Å²) in [6, 6.07) is 27.7. The van der Waals surface area contributed by atoms with Crippen LogP contribution in [0.15, 0.2) is 91.3 Å². The van der Waals surface area contributed by atoms with Gasteiger partial charge in [0.05, 0.1) is 26.0 Å². The van der Waals surface area contributed by atoms with Crippen LogP contribution in [0.2, 0.25) is 0 Å². The second kappa shape index (κ2) is 11.7. The van der Waals surface area contributed by atoms with Crippen molar-refractivity contribution < 1.29 is 23.0 Å². The van der Waals surface area contributed by atoms with Gasteiger partial charge in [-0.2, -0.15) is 9.97 Å². The van der Waals surface area contributed by atoms with Crippen LogP contribution in [0, 0.1) is 5.92 Å². The molecule has 5 aromatic rings. The van der Waals surface area contributed by atoms with Gasteiger partial charge in [0.2, 0.25) is 17.7 Å². The van der Waals surface area contributed by atoms with Crippen molar-refractivity contribution in [2.45, 2.75) is 57.4 Å². The maximum atomic E-state index is 16.3. The highest BCUT2D eigenvalue weighted by Crippen LogP contribution is 2.53. The van der Waals surface area contributed by atoms with Crippen LogP contribution in [0.1, 0.15) is 57.0 Å². The number of halogens is 2. The number of methoxy groups -OCH3 is 1. The molecule has 4 atom stereocenters. The van der Waals surface area contributed by atoms with Crippen molar-refractivity contribution in [2.75, 3.05) is 19.0 Å². The number of rotatable bonds is 10. The van der Waals surface area contributed by atoms with E-state index in [4.69, 9.17) is 24.2 Å². The van der Waals surface area contributed by atoms with Gasteiger partial charge in [-0.25, -0.2) is 13.8 Å². The zero-order valence-corrected chi connectivity index (χ0v) is 26.0. The Bertz CT molecular complexity index is 1730. The summed E-state index contributed by atoms with van der Waals surface area (Å²) in [6.07, 6.45) is 0.101. The molecule has 0 spiro atoms. The number of nitrogens with one attached hydrogen (secondary N) is 1. The van der Waals surface area contributed by atoms with Crippen molar-refractivity contribution in [1.82, 2.24) is 19.5 Å². The van der Waals surface area contributed by atoms with Gasteiger partial charge in [-0.15, -0.1) is 0 Å². The molecule has 0 bridgehead atoms. The van der Waals surface area contributed by atoms with Crippen molar-refractivity contribution in [1.29, 1.82) is 0 Å². The van der Waals surface area contributed by atoms with E-state index in [-0.39, 0.29) is 23.9 Å². The number of imidazole rings is 1. The molecule has 0 radical (unpaired) electrons. The Morgan fingerprint density at radius 1 is 0.911 bits per heavy atom. The van der Waals surface area contributed by atoms with Gasteiger partial charge in [-0.1, -0.05) is 86.6 Å². The fourth-order valence-electron chi connectivity index (χ4n) is 6.21. The van der Waals surface area contributed by atoms with E-state index in [2.05, 4.69) is 10.3 Å². The molecule has 0 saturated carbocycles. The van der Waals surface area contributed by atoms with E-state index in [0.29, 0.717) is 17.9 Å². The number of benzene rings is 3. The average Bonchev–Trinajstić information content (AvgIpc) is 3.57. The van der Waals surface area contributed by atoms with E-state index in [9.17, 15) is 0 Å². The topological polar surface area (TPSA) is 83.3 Å². The van der Waals surface area contributed by atoms with Crippen LogP contribution in [0.25, 0.3) is 11.2 Å². The highest BCUT2D eigenvalue weighted by molar-refractivity contribution is 5.78. The van der Waals surface area contributed by atoms with E-state index < -0.39 is 29.2 Å². The second-order valence-electron chi connectivity index (χ2n) is 11.4. The molecule has 3 aromatic carbocycles. The summed E-state index contributed by atoms with van der Waals surface area (Å²) >= 11 is 0. The summed E-state index contributed by atoms with van der Waals surface area (Å²) in [5.74, 6) is -2.05. The second-order valence-corrected chi connectivity index (χ2v) is 11.4. The number of aromatic nitrogens is 4. The van der Waals surface area contributed by atoms with Crippen molar-refractivity contribution in [3.63, 3.8) is 0 Å². The first-order valence-corrected chi connectivity index (χ1v) is 15.1. The predicted molar refractivity (Wildman–Crippen MR) is 169 cm³/mol. The Morgan fingerprint density at radius 3 is 2.04 bits per heavy atom. The van der Waals surface area contributed by atoms with Gasteiger partial charge in [0.25, 0.3) is 0 Å². The van der Waals surface area contributed by atoms with Crippen LogP contribution in [0.3, 0.4) is 0 Å². The van der Waals surface area contributed by atoms with Gasteiger partial charge in [0, 0.05) is 6.42 Å². The van der Waals surface area contributed by atoms with Gasteiger partial charge >= 0.3 is 0 Å². The van der Waals surface area contributed by atoms with Crippen LogP contribution in [0.4, 0.5) is 14.7 Å². The number of ether oxygens (including phenoxy) is 3. The summed E-state index contributed by atoms with van der Waals surface area (Å²) in [4.78, 5) is 14.1. The molecule has 1 aliphatic heterocycles. The summed E-state index contributed by atoms with van der Waals surface area (Å²) in [5, 5.41) is 3.64. The molecule has 10 heteroatoms. The maximum Gasteiger partial charge on any atom is 0.247 e. The highest BCUT2D eigenvalue weighted by Gasteiger charge is 2.61. The summed E-state index contributed by atoms with van der Waals surface area (Å²) in [6.45, 7) is 6.67. The molecule has 0 aliphatic carbocycles. The molecule has 1 N–H and O–H groups in total. The molecule has 45 heavy (non-hydrogen) atoms. The number of hydrogen-bond acceptors (Lipinski definition) is 7. The van der Waals surface area contributed by atoms with Gasteiger partial charge in [-0.3, -0.25) is 4.57 Å². The number of anilines is 1.